The lowest BCUT2D eigenvalue weighted by molar-refractivity contribution is -0.121. The molecule has 0 saturated carbocycles. The van der Waals surface area contributed by atoms with Crippen molar-refractivity contribution in [3.05, 3.63) is 40.6 Å². The number of carbonyl (C=O) groups is 1. The van der Waals surface area contributed by atoms with Crippen molar-refractivity contribution in [2.45, 2.75) is 13.3 Å². The standard InChI is InChI=1S/C16H14N4OS.ClH/c1-9-6-14(21)19-20-15(9)10-2-3-12-13(7-10)18-16(17-12)11-4-5-22-8-11;/h2-5,7-9H,6H2,1H3,(H,17,18)(H,19,21);1H. The van der Waals surface area contributed by atoms with Crippen LogP contribution in [0.1, 0.15) is 18.9 Å². The first-order valence-electron chi connectivity index (χ1n) is 7.10. The lowest BCUT2D eigenvalue weighted by Crippen LogP contribution is -2.31. The molecular formula is C16H15ClN4OS. The van der Waals surface area contributed by atoms with Crippen LogP contribution in [0.3, 0.4) is 0 Å². The zero-order valence-electron chi connectivity index (χ0n) is 12.4. The number of nitrogens with zero attached hydrogens (tertiary/aromatic N) is 2. The van der Waals surface area contributed by atoms with E-state index < -0.39 is 0 Å². The van der Waals surface area contributed by atoms with Crippen LogP contribution >= 0.6 is 23.7 Å². The second kappa shape index (κ2) is 6.14. The third kappa shape index (κ3) is 2.87. The van der Waals surface area contributed by atoms with Crippen molar-refractivity contribution in [3.8, 4) is 11.4 Å². The molecule has 0 fully saturated rings. The number of thiophene rings is 1. The molecule has 1 aromatic carbocycles. The van der Waals surface area contributed by atoms with Gasteiger partial charge in [0.2, 0.25) is 5.91 Å². The van der Waals surface area contributed by atoms with Crippen LogP contribution in [0.15, 0.2) is 40.1 Å². The molecule has 0 radical (unpaired) electrons. The van der Waals surface area contributed by atoms with E-state index in [0.717, 1.165) is 33.7 Å². The summed E-state index contributed by atoms with van der Waals surface area (Å²) in [6, 6.07) is 8.10. The first kappa shape index (κ1) is 15.7. The summed E-state index contributed by atoms with van der Waals surface area (Å²) < 4.78 is 0. The zero-order chi connectivity index (χ0) is 15.1. The molecule has 0 saturated heterocycles. The summed E-state index contributed by atoms with van der Waals surface area (Å²) in [4.78, 5) is 19.4. The van der Waals surface area contributed by atoms with E-state index in [2.05, 4.69) is 25.9 Å². The molecule has 1 aliphatic rings. The molecule has 4 rings (SSSR count). The van der Waals surface area contributed by atoms with E-state index in [0.29, 0.717) is 6.42 Å². The molecule has 2 N–H and O–H groups in total. The Morgan fingerprint density at radius 1 is 1.26 bits per heavy atom. The lowest BCUT2D eigenvalue weighted by Gasteiger charge is -2.18. The molecule has 0 spiro atoms. The Bertz CT molecular complexity index is 885. The number of aromatic nitrogens is 2. The topological polar surface area (TPSA) is 70.1 Å². The second-order valence-corrected chi connectivity index (χ2v) is 6.25. The maximum atomic E-state index is 11.4. The number of aromatic amines is 1. The van der Waals surface area contributed by atoms with Crippen LogP contribution in [0.2, 0.25) is 0 Å². The molecule has 2 aromatic heterocycles. The molecule has 1 atom stereocenters. The molecule has 1 unspecified atom stereocenters. The second-order valence-electron chi connectivity index (χ2n) is 5.47. The molecule has 118 valence electrons. The number of amides is 1. The van der Waals surface area contributed by atoms with E-state index in [1.807, 2.05) is 36.6 Å². The number of rotatable bonds is 2. The van der Waals surface area contributed by atoms with Crippen LogP contribution in [0.4, 0.5) is 0 Å². The fourth-order valence-corrected chi connectivity index (χ4v) is 3.34. The molecule has 0 bridgehead atoms. The van der Waals surface area contributed by atoms with Crippen molar-refractivity contribution in [2.75, 3.05) is 0 Å². The van der Waals surface area contributed by atoms with Crippen molar-refractivity contribution >= 4 is 46.4 Å². The maximum absolute atomic E-state index is 11.4. The van der Waals surface area contributed by atoms with Crippen molar-refractivity contribution in [1.82, 2.24) is 15.4 Å². The highest BCUT2D eigenvalue weighted by molar-refractivity contribution is 7.08. The van der Waals surface area contributed by atoms with Crippen molar-refractivity contribution < 1.29 is 4.79 Å². The number of benzene rings is 1. The van der Waals surface area contributed by atoms with Gasteiger partial charge in [-0.3, -0.25) is 4.79 Å². The number of halogens is 1. The Balaban J connectivity index is 0.00000156. The summed E-state index contributed by atoms with van der Waals surface area (Å²) in [5.74, 6) is 0.957. The minimum Gasteiger partial charge on any atom is -0.338 e. The molecular weight excluding hydrogens is 332 g/mol. The minimum absolute atomic E-state index is 0. The van der Waals surface area contributed by atoms with Gasteiger partial charge in [0.15, 0.2) is 0 Å². The largest absolute Gasteiger partial charge is 0.338 e. The molecule has 3 aromatic rings. The highest BCUT2D eigenvalue weighted by Gasteiger charge is 2.22. The highest BCUT2D eigenvalue weighted by atomic mass is 35.5. The monoisotopic (exact) mass is 346 g/mol. The Morgan fingerprint density at radius 2 is 2.13 bits per heavy atom. The summed E-state index contributed by atoms with van der Waals surface area (Å²) in [5, 5.41) is 8.31. The van der Waals surface area contributed by atoms with Crippen LogP contribution < -0.4 is 5.43 Å². The number of fused-ring (bicyclic) bond motifs is 1. The summed E-state index contributed by atoms with van der Waals surface area (Å²) in [5.41, 5.74) is 7.47. The summed E-state index contributed by atoms with van der Waals surface area (Å²) >= 11 is 1.65. The molecule has 1 amide bonds. The van der Waals surface area contributed by atoms with Crippen LogP contribution in [-0.2, 0) is 4.79 Å². The van der Waals surface area contributed by atoms with Gasteiger partial charge in [0.1, 0.15) is 5.82 Å². The number of imidazole rings is 1. The summed E-state index contributed by atoms with van der Waals surface area (Å²) in [6.07, 6.45) is 0.470. The smallest absolute Gasteiger partial charge is 0.240 e. The van der Waals surface area contributed by atoms with E-state index in [-0.39, 0.29) is 24.2 Å². The number of hydrogen-bond donors (Lipinski definition) is 2. The first-order valence-corrected chi connectivity index (χ1v) is 8.04. The van der Waals surface area contributed by atoms with Crippen LogP contribution in [0.25, 0.3) is 22.4 Å². The number of hydrazone groups is 1. The van der Waals surface area contributed by atoms with Crippen LogP contribution in [0.5, 0.6) is 0 Å². The minimum atomic E-state index is -0.0307. The van der Waals surface area contributed by atoms with Crippen LogP contribution in [0, 0.1) is 5.92 Å². The molecule has 0 aliphatic carbocycles. The molecule has 3 heterocycles. The Morgan fingerprint density at radius 3 is 2.87 bits per heavy atom. The van der Waals surface area contributed by atoms with Gasteiger partial charge in [-0.05, 0) is 23.6 Å². The van der Waals surface area contributed by atoms with Crippen LogP contribution in [-0.4, -0.2) is 21.6 Å². The van der Waals surface area contributed by atoms with E-state index in [1.165, 1.54) is 0 Å². The van der Waals surface area contributed by atoms with E-state index >= 15 is 0 Å². The fourth-order valence-electron chi connectivity index (χ4n) is 2.70. The molecule has 23 heavy (non-hydrogen) atoms. The highest BCUT2D eigenvalue weighted by Crippen LogP contribution is 2.24. The maximum Gasteiger partial charge on any atom is 0.240 e. The quantitative estimate of drug-likeness (QED) is 0.744. The summed E-state index contributed by atoms with van der Waals surface area (Å²) in [7, 11) is 0. The number of carbonyl (C=O) groups excluding carboxylic acids is 1. The van der Waals surface area contributed by atoms with Gasteiger partial charge in [-0.25, -0.2) is 10.4 Å². The van der Waals surface area contributed by atoms with Gasteiger partial charge < -0.3 is 4.98 Å². The normalized spacial score (nSPS) is 17.5. The third-order valence-electron chi connectivity index (χ3n) is 3.83. The Labute approximate surface area is 143 Å². The first-order chi connectivity index (χ1) is 10.7. The van der Waals surface area contributed by atoms with Gasteiger partial charge in [0.05, 0.1) is 16.7 Å². The van der Waals surface area contributed by atoms with Crippen molar-refractivity contribution in [2.24, 2.45) is 11.0 Å². The van der Waals surface area contributed by atoms with Gasteiger partial charge in [0, 0.05) is 28.8 Å². The van der Waals surface area contributed by atoms with Gasteiger partial charge in [-0.2, -0.15) is 16.4 Å². The predicted octanol–water partition coefficient (Wildman–Crippen LogP) is 3.57. The number of nitrogens with one attached hydrogen (secondary N) is 2. The van der Waals surface area contributed by atoms with Gasteiger partial charge in [-0.15, -0.1) is 12.4 Å². The molecule has 1 aliphatic heterocycles. The SMILES string of the molecule is CC1CC(=O)NN=C1c1ccc2[nH]c(-c3ccsc3)nc2c1.Cl. The van der Waals surface area contributed by atoms with Crippen molar-refractivity contribution in [3.63, 3.8) is 0 Å². The van der Waals surface area contributed by atoms with Gasteiger partial charge >= 0.3 is 0 Å². The zero-order valence-corrected chi connectivity index (χ0v) is 14.0. The van der Waals surface area contributed by atoms with Gasteiger partial charge in [0.25, 0.3) is 0 Å². The number of H-pyrrole nitrogens is 1. The summed E-state index contributed by atoms with van der Waals surface area (Å²) in [6.45, 7) is 2.02. The van der Waals surface area contributed by atoms with Crippen molar-refractivity contribution in [1.29, 1.82) is 0 Å². The average Bonchev–Trinajstić information content (AvgIpc) is 3.15. The average molecular weight is 347 g/mol. The molecule has 5 nitrogen and oxygen atoms in total. The number of hydrogen-bond acceptors (Lipinski definition) is 4. The Hall–Kier alpha value is -2.18. The van der Waals surface area contributed by atoms with E-state index in [9.17, 15) is 4.79 Å². The lowest BCUT2D eigenvalue weighted by atomic mass is 9.94. The Kier molecular flexibility index (Phi) is 4.19. The van der Waals surface area contributed by atoms with Gasteiger partial charge in [-0.1, -0.05) is 13.0 Å². The van der Waals surface area contributed by atoms with E-state index in [1.54, 1.807) is 11.3 Å². The predicted molar refractivity (Wildman–Crippen MR) is 95.1 cm³/mol. The third-order valence-corrected chi connectivity index (χ3v) is 4.52. The fraction of sp³-hybridized carbons (Fsp3) is 0.188. The molecule has 7 heteroatoms. The van der Waals surface area contributed by atoms with E-state index in [4.69, 9.17) is 0 Å².